The second-order valence-electron chi connectivity index (χ2n) is 13.3. The summed E-state index contributed by atoms with van der Waals surface area (Å²) in [4.78, 5) is 15.5. The molecule has 1 aromatic heterocycles. The van der Waals surface area contributed by atoms with E-state index in [1.807, 2.05) is 6.07 Å². The molecular formula is C45H33N3Si. The summed E-state index contributed by atoms with van der Waals surface area (Å²) in [5.74, 6) is 1.99. The van der Waals surface area contributed by atoms with Crippen LogP contribution in [0, 0.1) is 0 Å². The quantitative estimate of drug-likeness (QED) is 0.175. The van der Waals surface area contributed by atoms with Gasteiger partial charge in [-0.3, -0.25) is 0 Å². The number of fused-ring (bicyclic) bond motifs is 4. The van der Waals surface area contributed by atoms with Crippen molar-refractivity contribution in [1.82, 2.24) is 15.0 Å². The Morgan fingerprint density at radius 3 is 1.67 bits per heavy atom. The van der Waals surface area contributed by atoms with E-state index in [2.05, 4.69) is 171 Å². The van der Waals surface area contributed by atoms with Gasteiger partial charge in [-0.1, -0.05) is 165 Å². The van der Waals surface area contributed by atoms with E-state index < -0.39 is 8.07 Å². The topological polar surface area (TPSA) is 38.7 Å². The Morgan fingerprint density at radius 1 is 0.327 bits per heavy atom. The molecule has 0 unspecified atom stereocenters. The zero-order valence-corrected chi connectivity index (χ0v) is 28.4. The number of benzene rings is 7. The summed E-state index contributed by atoms with van der Waals surface area (Å²) < 4.78 is 0. The van der Waals surface area contributed by atoms with Gasteiger partial charge in [-0.2, -0.15) is 0 Å². The van der Waals surface area contributed by atoms with Gasteiger partial charge >= 0.3 is 0 Å². The molecule has 0 radical (unpaired) electrons. The van der Waals surface area contributed by atoms with Crippen molar-refractivity contribution in [2.45, 2.75) is 13.1 Å². The van der Waals surface area contributed by atoms with Gasteiger partial charge in [0.05, 0.1) is 0 Å². The largest absolute Gasteiger partial charge is 0.208 e. The third-order valence-corrected chi connectivity index (χ3v) is 13.5. The van der Waals surface area contributed by atoms with Crippen LogP contribution in [0.15, 0.2) is 164 Å². The summed E-state index contributed by atoms with van der Waals surface area (Å²) in [6.07, 6.45) is 0. The van der Waals surface area contributed by atoms with Gasteiger partial charge < -0.3 is 0 Å². The lowest BCUT2D eigenvalue weighted by Crippen LogP contribution is -2.49. The normalized spacial score (nSPS) is 12.9. The number of nitrogens with zero attached hydrogens (tertiary/aromatic N) is 3. The van der Waals surface area contributed by atoms with E-state index in [0.29, 0.717) is 17.5 Å². The van der Waals surface area contributed by atoms with Crippen LogP contribution in [0.1, 0.15) is 0 Å². The van der Waals surface area contributed by atoms with Crippen LogP contribution in [0.3, 0.4) is 0 Å². The van der Waals surface area contributed by atoms with Gasteiger partial charge in [0.25, 0.3) is 0 Å². The van der Waals surface area contributed by atoms with Gasteiger partial charge in [0.1, 0.15) is 8.07 Å². The fraction of sp³-hybridized carbons (Fsp3) is 0.0444. The lowest BCUT2D eigenvalue weighted by Gasteiger charge is -2.18. The lowest BCUT2D eigenvalue weighted by molar-refractivity contribution is 1.07. The van der Waals surface area contributed by atoms with Gasteiger partial charge in [0, 0.05) is 16.7 Å². The zero-order valence-electron chi connectivity index (χ0n) is 27.4. The Balaban J connectivity index is 1.19. The Kier molecular flexibility index (Phi) is 6.92. The smallest absolute Gasteiger partial charge is 0.164 e. The predicted molar refractivity (Wildman–Crippen MR) is 207 cm³/mol. The van der Waals surface area contributed by atoms with Crippen LogP contribution in [0.4, 0.5) is 0 Å². The Hall–Kier alpha value is -5.97. The van der Waals surface area contributed by atoms with E-state index in [-0.39, 0.29) is 0 Å². The lowest BCUT2D eigenvalue weighted by atomic mass is 9.98. The number of hydrogen-bond donors (Lipinski definition) is 0. The maximum absolute atomic E-state index is 5.19. The molecule has 1 aliphatic heterocycles. The van der Waals surface area contributed by atoms with Crippen molar-refractivity contribution in [3.05, 3.63) is 164 Å². The zero-order chi connectivity index (χ0) is 33.0. The number of rotatable bonds is 5. The van der Waals surface area contributed by atoms with Crippen molar-refractivity contribution in [1.29, 1.82) is 0 Å². The minimum atomic E-state index is -1.78. The molecule has 0 amide bonds. The van der Waals surface area contributed by atoms with Crippen LogP contribution in [-0.4, -0.2) is 23.0 Å². The first kappa shape index (κ1) is 29.2. The van der Waals surface area contributed by atoms with E-state index in [9.17, 15) is 0 Å². The van der Waals surface area contributed by atoms with Crippen LogP contribution in [0.25, 0.3) is 78.3 Å². The third-order valence-electron chi connectivity index (χ3n) is 9.96. The molecule has 0 saturated heterocycles. The van der Waals surface area contributed by atoms with Crippen molar-refractivity contribution < 1.29 is 0 Å². The van der Waals surface area contributed by atoms with Crippen LogP contribution in [-0.2, 0) is 0 Å². The molecule has 3 nitrogen and oxygen atoms in total. The van der Waals surface area contributed by atoms with Gasteiger partial charge in [0.15, 0.2) is 17.5 Å². The van der Waals surface area contributed by atoms with Crippen LogP contribution < -0.4 is 10.4 Å². The van der Waals surface area contributed by atoms with Crippen molar-refractivity contribution in [3.63, 3.8) is 0 Å². The molecule has 49 heavy (non-hydrogen) atoms. The molecule has 0 atom stereocenters. The Morgan fingerprint density at radius 2 is 0.878 bits per heavy atom. The van der Waals surface area contributed by atoms with Crippen LogP contribution in [0.5, 0.6) is 0 Å². The highest BCUT2D eigenvalue weighted by Gasteiger charge is 2.37. The molecule has 0 bridgehead atoms. The fourth-order valence-electron chi connectivity index (χ4n) is 7.34. The summed E-state index contributed by atoms with van der Waals surface area (Å²) in [6.45, 7) is 4.89. The molecule has 0 spiro atoms. The second kappa shape index (κ2) is 11.6. The maximum atomic E-state index is 5.19. The van der Waals surface area contributed by atoms with Crippen molar-refractivity contribution in [2.24, 2.45) is 0 Å². The van der Waals surface area contributed by atoms with Gasteiger partial charge in [-0.25, -0.2) is 15.0 Å². The highest BCUT2D eigenvalue weighted by Crippen LogP contribution is 2.35. The molecule has 0 saturated carbocycles. The van der Waals surface area contributed by atoms with E-state index in [1.165, 1.54) is 37.8 Å². The minimum Gasteiger partial charge on any atom is -0.208 e. The van der Waals surface area contributed by atoms with E-state index >= 15 is 0 Å². The molecule has 0 N–H and O–H groups in total. The Bertz CT molecular complexity index is 2520. The standard InChI is InChI=1S/C45H33N3Si/c1-49(2)41-19-11-10-17-38(41)40-29-36(26-27-42(40)49)44-46-43(47-45(48-44)39-18-9-8-16-37(39)32-13-4-3-5-14-32)33-23-20-31(21-24-33)35-25-22-30-12-6-7-15-34(30)28-35/h3-29H,1-2H3. The molecule has 232 valence electrons. The molecule has 2 heterocycles. The molecule has 1 aliphatic rings. The summed E-state index contributed by atoms with van der Waals surface area (Å²) >= 11 is 0. The van der Waals surface area contributed by atoms with Crippen molar-refractivity contribution in [3.8, 4) is 67.5 Å². The summed E-state index contributed by atoms with van der Waals surface area (Å²) in [6, 6.07) is 58.2. The summed E-state index contributed by atoms with van der Waals surface area (Å²) in [5, 5.41) is 5.42. The summed E-state index contributed by atoms with van der Waals surface area (Å²) in [7, 11) is -1.78. The van der Waals surface area contributed by atoms with Crippen LogP contribution in [0.2, 0.25) is 13.1 Å². The third kappa shape index (κ3) is 5.09. The van der Waals surface area contributed by atoms with Crippen molar-refractivity contribution in [2.75, 3.05) is 0 Å². The average Bonchev–Trinajstić information content (AvgIpc) is 3.40. The van der Waals surface area contributed by atoms with E-state index in [0.717, 1.165) is 33.4 Å². The first-order valence-electron chi connectivity index (χ1n) is 16.8. The highest BCUT2D eigenvalue weighted by atomic mass is 28.3. The first-order valence-corrected chi connectivity index (χ1v) is 19.8. The van der Waals surface area contributed by atoms with Crippen molar-refractivity contribution >= 4 is 29.2 Å². The minimum absolute atomic E-state index is 0.656. The first-order chi connectivity index (χ1) is 24.0. The summed E-state index contributed by atoms with van der Waals surface area (Å²) in [5.41, 5.74) is 10.1. The fourth-order valence-corrected chi connectivity index (χ4v) is 10.4. The van der Waals surface area contributed by atoms with Gasteiger partial charge in [-0.15, -0.1) is 0 Å². The van der Waals surface area contributed by atoms with E-state index in [1.54, 1.807) is 0 Å². The number of hydrogen-bond acceptors (Lipinski definition) is 3. The molecular weight excluding hydrogens is 611 g/mol. The SMILES string of the molecule is C[Si]1(C)c2ccccc2-c2cc(-c3nc(-c4ccc(-c5ccc6ccccc6c5)cc4)nc(-c4ccccc4-c4ccccc4)n3)ccc21. The van der Waals surface area contributed by atoms with Crippen LogP contribution >= 0.6 is 0 Å². The number of aromatic nitrogens is 3. The maximum Gasteiger partial charge on any atom is 0.164 e. The highest BCUT2D eigenvalue weighted by molar-refractivity contribution is 7.03. The Labute approximate surface area is 287 Å². The molecule has 9 rings (SSSR count). The molecule has 7 aromatic carbocycles. The van der Waals surface area contributed by atoms with E-state index in [4.69, 9.17) is 15.0 Å². The monoisotopic (exact) mass is 643 g/mol. The molecule has 0 aliphatic carbocycles. The molecule has 0 fully saturated rings. The molecule has 4 heteroatoms. The average molecular weight is 644 g/mol. The van der Waals surface area contributed by atoms with Gasteiger partial charge in [-0.05, 0) is 66.7 Å². The van der Waals surface area contributed by atoms with Gasteiger partial charge in [0.2, 0.25) is 0 Å². The predicted octanol–water partition coefficient (Wildman–Crippen LogP) is 10.2. The second-order valence-corrected chi connectivity index (χ2v) is 17.6. The molecule has 8 aromatic rings.